The summed E-state index contributed by atoms with van der Waals surface area (Å²) in [6, 6.07) is 24.3. The van der Waals surface area contributed by atoms with Gasteiger partial charge in [0.1, 0.15) is 0 Å². The van der Waals surface area contributed by atoms with Gasteiger partial charge in [0.2, 0.25) is 10.0 Å². The van der Waals surface area contributed by atoms with E-state index in [0.717, 1.165) is 29.7 Å². The van der Waals surface area contributed by atoms with E-state index >= 15 is 0 Å². The number of sulfonamides is 1. The summed E-state index contributed by atoms with van der Waals surface area (Å²) >= 11 is 0. The Balaban J connectivity index is 1.66. The number of aryl methyl sites for hydroxylation is 2. The van der Waals surface area contributed by atoms with Gasteiger partial charge in [0.05, 0.1) is 18.5 Å². The molecule has 0 aliphatic carbocycles. The van der Waals surface area contributed by atoms with Crippen molar-refractivity contribution in [2.45, 2.75) is 33.2 Å². The highest BCUT2D eigenvalue weighted by Gasteiger charge is 2.19. The second kappa shape index (κ2) is 10.9. The first-order valence-electron chi connectivity index (χ1n) is 10.7. The molecule has 1 N–H and O–H groups in total. The Bertz CT molecular complexity index is 1220. The van der Waals surface area contributed by atoms with Gasteiger partial charge < -0.3 is 0 Å². The first-order valence-corrected chi connectivity index (χ1v) is 12.6. The number of nitrogens with one attached hydrogen (secondary N) is 1. The van der Waals surface area contributed by atoms with Crippen LogP contribution in [-0.2, 0) is 23.0 Å². The first kappa shape index (κ1) is 24.2. The maximum atomic E-state index is 12.5. The molecule has 0 atom stereocenters. The lowest BCUT2D eigenvalue weighted by Crippen LogP contribution is -2.29. The number of benzene rings is 3. The van der Waals surface area contributed by atoms with E-state index in [1.807, 2.05) is 56.3 Å². The van der Waals surface area contributed by atoms with Crippen LogP contribution in [-0.4, -0.2) is 26.3 Å². The minimum absolute atomic E-state index is 0.224. The zero-order valence-electron chi connectivity index (χ0n) is 19.2. The summed E-state index contributed by atoms with van der Waals surface area (Å²) in [5, 5.41) is 4.19. The van der Waals surface area contributed by atoms with Crippen LogP contribution >= 0.6 is 0 Å². The predicted molar refractivity (Wildman–Crippen MR) is 134 cm³/mol. The van der Waals surface area contributed by atoms with Crippen molar-refractivity contribution >= 4 is 27.3 Å². The Hall–Kier alpha value is -3.45. The van der Waals surface area contributed by atoms with E-state index in [-0.39, 0.29) is 12.5 Å². The van der Waals surface area contributed by atoms with Gasteiger partial charge in [0, 0.05) is 11.3 Å². The van der Waals surface area contributed by atoms with Crippen molar-refractivity contribution in [1.29, 1.82) is 0 Å². The Kier molecular flexibility index (Phi) is 8.01. The van der Waals surface area contributed by atoms with E-state index in [2.05, 4.69) is 22.7 Å². The fourth-order valence-electron chi connectivity index (χ4n) is 3.36. The number of hydrogen-bond donors (Lipinski definition) is 1. The van der Waals surface area contributed by atoms with Gasteiger partial charge in [0.25, 0.3) is 5.91 Å². The molecule has 3 aromatic rings. The average Bonchev–Trinajstić information content (AvgIpc) is 2.80. The summed E-state index contributed by atoms with van der Waals surface area (Å²) in [4.78, 5) is 12.5. The molecule has 3 rings (SSSR count). The fourth-order valence-corrected chi connectivity index (χ4v) is 4.24. The van der Waals surface area contributed by atoms with Crippen LogP contribution in [0.5, 0.6) is 0 Å². The van der Waals surface area contributed by atoms with Crippen molar-refractivity contribution in [1.82, 2.24) is 5.43 Å². The number of anilines is 1. The van der Waals surface area contributed by atoms with Crippen LogP contribution in [0.1, 0.15) is 40.4 Å². The maximum absolute atomic E-state index is 12.5. The molecule has 0 aromatic heterocycles. The molecule has 0 spiro atoms. The number of hydrogen-bond acceptors (Lipinski definition) is 4. The zero-order chi connectivity index (χ0) is 23.8. The van der Waals surface area contributed by atoms with Gasteiger partial charge in [-0.3, -0.25) is 9.10 Å². The molecule has 1 amide bonds. The van der Waals surface area contributed by atoms with Crippen molar-refractivity contribution < 1.29 is 13.2 Å². The molecule has 0 aliphatic heterocycles. The maximum Gasteiger partial charge on any atom is 0.271 e. The van der Waals surface area contributed by atoms with Gasteiger partial charge in [-0.05, 0) is 67.6 Å². The lowest BCUT2D eigenvalue weighted by molar-refractivity contribution is 0.0954. The molecule has 0 radical (unpaired) electrons. The summed E-state index contributed by atoms with van der Waals surface area (Å²) in [5.41, 5.74) is 7.46. The predicted octanol–water partition coefficient (Wildman–Crippen LogP) is 4.70. The first-order chi connectivity index (χ1) is 15.7. The van der Waals surface area contributed by atoms with Crippen molar-refractivity contribution in [3.8, 4) is 0 Å². The lowest BCUT2D eigenvalue weighted by atomic mass is 10.1. The molecule has 7 heteroatoms. The number of hydrazone groups is 1. The monoisotopic (exact) mass is 463 g/mol. The molecule has 0 aliphatic rings. The van der Waals surface area contributed by atoms with Crippen molar-refractivity contribution in [3.63, 3.8) is 0 Å². The molecule has 172 valence electrons. The van der Waals surface area contributed by atoms with Crippen LogP contribution < -0.4 is 9.73 Å². The van der Waals surface area contributed by atoms with Gasteiger partial charge in [-0.1, -0.05) is 54.6 Å². The van der Waals surface area contributed by atoms with E-state index < -0.39 is 10.0 Å². The zero-order valence-corrected chi connectivity index (χ0v) is 20.0. The minimum atomic E-state index is -3.51. The molecule has 0 unspecified atom stereocenters. The van der Waals surface area contributed by atoms with E-state index in [9.17, 15) is 13.2 Å². The highest BCUT2D eigenvalue weighted by Crippen LogP contribution is 2.22. The lowest BCUT2D eigenvalue weighted by Gasteiger charge is -2.23. The normalized spacial score (nSPS) is 11.8. The van der Waals surface area contributed by atoms with Crippen LogP contribution in [0.4, 0.5) is 5.69 Å². The summed E-state index contributed by atoms with van der Waals surface area (Å²) in [5.74, 6) is -0.342. The minimum Gasteiger partial charge on any atom is -0.267 e. The Morgan fingerprint density at radius 1 is 0.939 bits per heavy atom. The average molecular weight is 464 g/mol. The largest absolute Gasteiger partial charge is 0.271 e. The Morgan fingerprint density at radius 2 is 1.58 bits per heavy atom. The summed E-state index contributed by atoms with van der Waals surface area (Å²) < 4.78 is 26.2. The van der Waals surface area contributed by atoms with Crippen LogP contribution in [0.2, 0.25) is 0 Å². The molecule has 3 aromatic carbocycles. The van der Waals surface area contributed by atoms with E-state index in [1.54, 1.807) is 24.3 Å². The Labute approximate surface area is 196 Å². The van der Waals surface area contributed by atoms with Crippen LogP contribution in [0.25, 0.3) is 0 Å². The second-order valence-electron chi connectivity index (χ2n) is 8.02. The van der Waals surface area contributed by atoms with Crippen LogP contribution in [0, 0.1) is 6.92 Å². The highest BCUT2D eigenvalue weighted by molar-refractivity contribution is 7.92. The number of carbonyl (C=O) groups is 1. The molecular formula is C26H29N3O3S. The number of rotatable bonds is 9. The topological polar surface area (TPSA) is 78.8 Å². The second-order valence-corrected chi connectivity index (χ2v) is 9.92. The van der Waals surface area contributed by atoms with Crippen molar-refractivity contribution in [2.75, 3.05) is 10.6 Å². The highest BCUT2D eigenvalue weighted by atomic mass is 32.2. The number of nitrogens with zero attached hydrogens (tertiary/aromatic N) is 2. The standard InChI is InChI=1S/C26H29N3O3S/c1-20-9-7-8-12-24(20)19-29(33(3,31)32)25-17-15-23(16-18-25)26(30)28-27-21(2)13-14-22-10-5-4-6-11-22/h4-12,15-18H,13-14,19H2,1-3H3,(H,28,30)/b27-21-. The summed E-state index contributed by atoms with van der Waals surface area (Å²) in [7, 11) is -3.51. The van der Waals surface area contributed by atoms with Gasteiger partial charge in [-0.25, -0.2) is 13.8 Å². The van der Waals surface area contributed by atoms with Crippen molar-refractivity contribution in [3.05, 3.63) is 101 Å². The van der Waals surface area contributed by atoms with E-state index in [4.69, 9.17) is 0 Å². The molecule has 33 heavy (non-hydrogen) atoms. The quantitative estimate of drug-likeness (QED) is 0.369. The fraction of sp³-hybridized carbons (Fsp3) is 0.231. The smallest absolute Gasteiger partial charge is 0.267 e. The molecule has 0 saturated carbocycles. The van der Waals surface area contributed by atoms with Crippen LogP contribution in [0.3, 0.4) is 0 Å². The molecule has 0 saturated heterocycles. The summed E-state index contributed by atoms with van der Waals surface area (Å²) in [6.45, 7) is 4.05. The van der Waals surface area contributed by atoms with Gasteiger partial charge >= 0.3 is 0 Å². The molecule has 0 bridgehead atoms. The number of carbonyl (C=O) groups excluding carboxylic acids is 1. The van der Waals surface area contributed by atoms with Gasteiger partial charge in [-0.15, -0.1) is 0 Å². The van der Waals surface area contributed by atoms with Gasteiger partial charge in [-0.2, -0.15) is 5.10 Å². The Morgan fingerprint density at radius 3 is 2.21 bits per heavy atom. The van der Waals surface area contributed by atoms with Gasteiger partial charge in [0.15, 0.2) is 0 Å². The summed E-state index contributed by atoms with van der Waals surface area (Å²) in [6.07, 6.45) is 2.77. The van der Waals surface area contributed by atoms with E-state index in [1.165, 1.54) is 16.1 Å². The van der Waals surface area contributed by atoms with Crippen molar-refractivity contribution in [2.24, 2.45) is 5.10 Å². The number of amides is 1. The SMILES string of the molecule is C/C(CCc1ccccc1)=N/NC(=O)c1ccc(N(Cc2ccccc2C)S(C)(=O)=O)cc1. The third-order valence-corrected chi connectivity index (χ3v) is 6.50. The molecule has 0 heterocycles. The molecule has 0 fully saturated rings. The van der Waals surface area contributed by atoms with Crippen LogP contribution in [0.15, 0.2) is 84.0 Å². The third kappa shape index (κ3) is 7.02. The van der Waals surface area contributed by atoms with E-state index in [0.29, 0.717) is 11.3 Å². The third-order valence-electron chi connectivity index (χ3n) is 5.36. The molecular weight excluding hydrogens is 434 g/mol. The molecule has 6 nitrogen and oxygen atoms in total.